The monoisotopic (exact) mass is 396 g/mol. The van der Waals surface area contributed by atoms with Crippen molar-refractivity contribution in [2.24, 2.45) is 0 Å². The molecule has 156 valence electrons. The summed E-state index contributed by atoms with van der Waals surface area (Å²) in [5.41, 5.74) is 2.12. The molecule has 0 spiro atoms. The fraction of sp³-hybridized carbons (Fsp3) is 0.417. The van der Waals surface area contributed by atoms with Crippen LogP contribution in [0.1, 0.15) is 44.2 Å². The Hall–Kier alpha value is -2.82. The number of rotatable bonds is 11. The van der Waals surface area contributed by atoms with Crippen LogP contribution in [0.3, 0.4) is 0 Å². The van der Waals surface area contributed by atoms with Crippen LogP contribution >= 0.6 is 0 Å². The number of ether oxygens (including phenoxy) is 1. The molecule has 2 amide bonds. The number of carbonyl (C=O) groups is 2. The van der Waals surface area contributed by atoms with Crippen LogP contribution in [0.4, 0.5) is 0 Å². The summed E-state index contributed by atoms with van der Waals surface area (Å²) in [6, 6.07) is 16.7. The lowest BCUT2D eigenvalue weighted by molar-refractivity contribution is -0.143. The van der Waals surface area contributed by atoms with Gasteiger partial charge in [-0.2, -0.15) is 0 Å². The molecule has 29 heavy (non-hydrogen) atoms. The minimum absolute atomic E-state index is 0.103. The summed E-state index contributed by atoms with van der Waals surface area (Å²) >= 11 is 0. The Morgan fingerprint density at radius 1 is 1.07 bits per heavy atom. The topological polar surface area (TPSA) is 58.6 Å². The first-order chi connectivity index (χ1) is 14.0. The largest absolute Gasteiger partial charge is 0.484 e. The maximum absolute atomic E-state index is 13.1. The number of carbonyl (C=O) groups excluding carboxylic acids is 2. The molecule has 0 aliphatic heterocycles. The molecule has 0 saturated heterocycles. The lowest BCUT2D eigenvalue weighted by Gasteiger charge is -2.30. The van der Waals surface area contributed by atoms with Gasteiger partial charge in [0.1, 0.15) is 11.8 Å². The van der Waals surface area contributed by atoms with Gasteiger partial charge in [0.05, 0.1) is 0 Å². The number of benzene rings is 2. The first-order valence-corrected chi connectivity index (χ1v) is 10.4. The third-order valence-electron chi connectivity index (χ3n) is 4.76. The van der Waals surface area contributed by atoms with Gasteiger partial charge in [0.2, 0.25) is 5.91 Å². The predicted octanol–water partition coefficient (Wildman–Crippen LogP) is 4.10. The number of para-hydroxylation sites is 1. The lowest BCUT2D eigenvalue weighted by atomic mass is 10.1. The number of unbranched alkanes of at least 4 members (excludes halogenated alkanes) is 1. The summed E-state index contributed by atoms with van der Waals surface area (Å²) in [5, 5.41) is 2.97. The van der Waals surface area contributed by atoms with Crippen LogP contribution in [0.15, 0.2) is 54.6 Å². The van der Waals surface area contributed by atoms with Crippen LogP contribution in [-0.2, 0) is 16.1 Å². The number of hydrogen-bond donors (Lipinski definition) is 1. The predicted molar refractivity (Wildman–Crippen MR) is 116 cm³/mol. The minimum Gasteiger partial charge on any atom is -0.484 e. The zero-order valence-corrected chi connectivity index (χ0v) is 17.7. The second-order valence-electron chi connectivity index (χ2n) is 7.18. The Morgan fingerprint density at radius 2 is 1.83 bits per heavy atom. The molecule has 1 atom stereocenters. The lowest BCUT2D eigenvalue weighted by Crippen LogP contribution is -2.50. The highest BCUT2D eigenvalue weighted by Crippen LogP contribution is 2.15. The van der Waals surface area contributed by atoms with Crippen molar-refractivity contribution in [1.29, 1.82) is 0 Å². The van der Waals surface area contributed by atoms with Crippen LogP contribution in [0.2, 0.25) is 0 Å². The van der Waals surface area contributed by atoms with Crippen molar-refractivity contribution in [1.82, 2.24) is 10.2 Å². The molecular weight excluding hydrogens is 364 g/mol. The third kappa shape index (κ3) is 7.26. The summed E-state index contributed by atoms with van der Waals surface area (Å²) in [6.07, 6.45) is 2.47. The van der Waals surface area contributed by atoms with E-state index in [9.17, 15) is 9.59 Å². The van der Waals surface area contributed by atoms with Crippen LogP contribution in [0, 0.1) is 6.92 Å². The molecule has 1 unspecified atom stereocenters. The van der Waals surface area contributed by atoms with E-state index in [1.807, 2.05) is 68.4 Å². The molecule has 5 heteroatoms. The highest BCUT2D eigenvalue weighted by atomic mass is 16.5. The molecule has 1 N–H and O–H groups in total. The van der Waals surface area contributed by atoms with E-state index >= 15 is 0 Å². The molecule has 0 aliphatic carbocycles. The van der Waals surface area contributed by atoms with Gasteiger partial charge >= 0.3 is 0 Å². The van der Waals surface area contributed by atoms with Crippen molar-refractivity contribution in [3.05, 3.63) is 65.7 Å². The van der Waals surface area contributed by atoms with Gasteiger partial charge in [-0.05, 0) is 37.5 Å². The standard InChI is InChI=1S/C24H32N2O3/c1-4-6-15-25-24(28)22(5-2)26(17-20-12-10-11-19(3)16-20)23(27)18-29-21-13-8-7-9-14-21/h7-14,16,22H,4-6,15,17-18H2,1-3H3,(H,25,28). The average Bonchev–Trinajstić information content (AvgIpc) is 2.73. The second-order valence-corrected chi connectivity index (χ2v) is 7.18. The maximum atomic E-state index is 13.1. The maximum Gasteiger partial charge on any atom is 0.261 e. The fourth-order valence-corrected chi connectivity index (χ4v) is 3.18. The molecule has 0 bridgehead atoms. The Balaban J connectivity index is 2.16. The summed E-state index contributed by atoms with van der Waals surface area (Å²) in [4.78, 5) is 27.5. The van der Waals surface area contributed by atoms with E-state index in [1.165, 1.54) is 0 Å². The number of aryl methyl sites for hydroxylation is 1. The van der Waals surface area contributed by atoms with Crippen molar-refractivity contribution < 1.29 is 14.3 Å². The number of hydrogen-bond acceptors (Lipinski definition) is 3. The summed E-state index contributed by atoms with van der Waals surface area (Å²) in [6.45, 7) is 6.92. The van der Waals surface area contributed by atoms with E-state index in [1.54, 1.807) is 4.90 Å². The zero-order valence-electron chi connectivity index (χ0n) is 17.7. The molecule has 0 heterocycles. The molecule has 5 nitrogen and oxygen atoms in total. The van der Waals surface area contributed by atoms with E-state index < -0.39 is 6.04 Å². The number of nitrogens with one attached hydrogen (secondary N) is 1. The first kappa shape index (κ1) is 22.5. The number of nitrogens with zero attached hydrogens (tertiary/aromatic N) is 1. The number of amides is 2. The Morgan fingerprint density at radius 3 is 2.48 bits per heavy atom. The van der Waals surface area contributed by atoms with Gasteiger partial charge in [-0.15, -0.1) is 0 Å². The Bertz CT molecular complexity index is 777. The highest BCUT2D eigenvalue weighted by molar-refractivity contribution is 5.88. The zero-order chi connectivity index (χ0) is 21.1. The molecule has 0 radical (unpaired) electrons. The summed E-state index contributed by atoms with van der Waals surface area (Å²) < 4.78 is 5.66. The van der Waals surface area contributed by atoms with Crippen molar-refractivity contribution in [3.8, 4) is 5.75 Å². The van der Waals surface area contributed by atoms with Crippen LogP contribution in [0.5, 0.6) is 5.75 Å². The van der Waals surface area contributed by atoms with E-state index in [0.717, 1.165) is 24.0 Å². The smallest absolute Gasteiger partial charge is 0.261 e. The highest BCUT2D eigenvalue weighted by Gasteiger charge is 2.28. The third-order valence-corrected chi connectivity index (χ3v) is 4.76. The van der Waals surface area contributed by atoms with Gasteiger partial charge in [-0.1, -0.05) is 68.3 Å². The van der Waals surface area contributed by atoms with Gasteiger partial charge in [-0.3, -0.25) is 9.59 Å². The molecule has 0 saturated carbocycles. The van der Waals surface area contributed by atoms with E-state index in [-0.39, 0.29) is 18.4 Å². The quantitative estimate of drug-likeness (QED) is 0.582. The van der Waals surface area contributed by atoms with E-state index in [0.29, 0.717) is 25.3 Å². The molecule has 2 rings (SSSR count). The van der Waals surface area contributed by atoms with Gasteiger partial charge in [0, 0.05) is 13.1 Å². The van der Waals surface area contributed by atoms with E-state index in [4.69, 9.17) is 4.74 Å². The normalized spacial score (nSPS) is 11.6. The first-order valence-electron chi connectivity index (χ1n) is 10.4. The molecule has 0 fully saturated rings. The summed E-state index contributed by atoms with van der Waals surface area (Å²) in [5.74, 6) is 0.325. The van der Waals surface area contributed by atoms with Crippen LogP contribution < -0.4 is 10.1 Å². The summed E-state index contributed by atoms with van der Waals surface area (Å²) in [7, 11) is 0. The Kier molecular flexibility index (Phi) is 9.22. The second kappa shape index (κ2) is 11.9. The molecule has 2 aromatic carbocycles. The minimum atomic E-state index is -0.528. The molecule has 2 aromatic rings. The fourth-order valence-electron chi connectivity index (χ4n) is 3.18. The SMILES string of the molecule is CCCCNC(=O)C(CC)N(Cc1cccc(C)c1)C(=O)COc1ccccc1. The van der Waals surface area contributed by atoms with Crippen molar-refractivity contribution in [2.75, 3.05) is 13.2 Å². The Labute approximate surface area is 174 Å². The van der Waals surface area contributed by atoms with Gasteiger partial charge in [0.15, 0.2) is 6.61 Å². The van der Waals surface area contributed by atoms with Crippen molar-refractivity contribution in [2.45, 2.75) is 52.6 Å². The van der Waals surface area contributed by atoms with Crippen molar-refractivity contribution >= 4 is 11.8 Å². The van der Waals surface area contributed by atoms with Gasteiger partial charge < -0.3 is 15.0 Å². The molecule has 0 aliphatic rings. The molecule has 0 aromatic heterocycles. The van der Waals surface area contributed by atoms with Gasteiger partial charge in [0.25, 0.3) is 5.91 Å². The van der Waals surface area contributed by atoms with E-state index in [2.05, 4.69) is 12.2 Å². The molecular formula is C24H32N2O3. The van der Waals surface area contributed by atoms with Crippen LogP contribution in [0.25, 0.3) is 0 Å². The van der Waals surface area contributed by atoms with Crippen molar-refractivity contribution in [3.63, 3.8) is 0 Å². The average molecular weight is 397 g/mol. The van der Waals surface area contributed by atoms with Gasteiger partial charge in [-0.25, -0.2) is 0 Å². The van der Waals surface area contributed by atoms with Crippen LogP contribution in [-0.4, -0.2) is 35.9 Å².